The molecule has 0 atom stereocenters. The first kappa shape index (κ1) is 20.8. The number of imidazole rings is 1. The Bertz CT molecular complexity index is 1150. The lowest BCUT2D eigenvalue weighted by Crippen LogP contribution is -2.39. The lowest BCUT2D eigenvalue weighted by molar-refractivity contribution is 0.0398. The third kappa shape index (κ3) is 4.87. The first-order valence-corrected chi connectivity index (χ1v) is 11.4. The van der Waals surface area contributed by atoms with Crippen molar-refractivity contribution in [2.24, 2.45) is 0 Å². The lowest BCUT2D eigenvalue weighted by Gasteiger charge is -2.26. The summed E-state index contributed by atoms with van der Waals surface area (Å²) in [4.78, 5) is 12.2. The standard InChI is InChI=1S/C22H24FN7OS/c23-18-4-1-16(2-5-18)13-26-21-28-30-19(15-27-22(30)32-21)17-3-6-20(25-14-17)24-7-8-29-9-11-31-12-10-29/h1-6,14-15H,7-13H2,(H,24,25)(H,26,28). The molecule has 0 saturated carbocycles. The van der Waals surface area contributed by atoms with Gasteiger partial charge in [-0.05, 0) is 29.8 Å². The van der Waals surface area contributed by atoms with Gasteiger partial charge in [-0.1, -0.05) is 23.5 Å². The molecule has 1 aromatic carbocycles. The molecule has 0 radical (unpaired) electrons. The van der Waals surface area contributed by atoms with Crippen molar-refractivity contribution in [1.82, 2.24) is 24.5 Å². The Labute approximate surface area is 189 Å². The number of anilines is 2. The highest BCUT2D eigenvalue weighted by atomic mass is 32.1. The van der Waals surface area contributed by atoms with E-state index in [4.69, 9.17) is 4.74 Å². The molecular formula is C22H24FN7OS. The van der Waals surface area contributed by atoms with E-state index in [9.17, 15) is 4.39 Å². The van der Waals surface area contributed by atoms with Crippen LogP contribution in [0.2, 0.25) is 0 Å². The molecule has 1 saturated heterocycles. The van der Waals surface area contributed by atoms with E-state index < -0.39 is 0 Å². The molecule has 4 aromatic rings. The molecule has 1 aliphatic heterocycles. The number of hydrogen-bond donors (Lipinski definition) is 2. The predicted octanol–water partition coefficient (Wildman–Crippen LogP) is 3.35. The molecule has 32 heavy (non-hydrogen) atoms. The molecule has 0 spiro atoms. The summed E-state index contributed by atoms with van der Waals surface area (Å²) in [5.41, 5.74) is 2.82. The van der Waals surface area contributed by atoms with Crippen LogP contribution in [0, 0.1) is 5.82 Å². The quantitative estimate of drug-likeness (QED) is 0.424. The molecule has 8 nitrogen and oxygen atoms in total. The fourth-order valence-corrected chi connectivity index (χ4v) is 4.33. The Morgan fingerprint density at radius 1 is 1.00 bits per heavy atom. The highest BCUT2D eigenvalue weighted by molar-refractivity contribution is 7.20. The second kappa shape index (κ2) is 9.60. The van der Waals surface area contributed by atoms with E-state index in [2.05, 4.69) is 30.6 Å². The minimum absolute atomic E-state index is 0.238. The van der Waals surface area contributed by atoms with Crippen molar-refractivity contribution in [3.8, 4) is 11.3 Å². The van der Waals surface area contributed by atoms with Crippen LogP contribution in [0.3, 0.4) is 0 Å². The molecular weight excluding hydrogens is 429 g/mol. The Morgan fingerprint density at radius 3 is 2.62 bits per heavy atom. The van der Waals surface area contributed by atoms with Gasteiger partial charge in [0.25, 0.3) is 0 Å². The maximum Gasteiger partial charge on any atom is 0.214 e. The normalized spacial score (nSPS) is 14.7. The second-order valence-electron chi connectivity index (χ2n) is 7.54. The van der Waals surface area contributed by atoms with Crippen molar-refractivity contribution in [2.75, 3.05) is 50.0 Å². The van der Waals surface area contributed by atoms with Crippen molar-refractivity contribution in [2.45, 2.75) is 6.54 Å². The first-order chi connectivity index (χ1) is 15.7. The van der Waals surface area contributed by atoms with Crippen LogP contribution in [0.15, 0.2) is 48.8 Å². The van der Waals surface area contributed by atoms with Crippen molar-refractivity contribution < 1.29 is 9.13 Å². The molecule has 5 rings (SSSR count). The van der Waals surface area contributed by atoms with Gasteiger partial charge in [0.15, 0.2) is 0 Å². The molecule has 10 heteroatoms. The highest BCUT2D eigenvalue weighted by Crippen LogP contribution is 2.26. The summed E-state index contributed by atoms with van der Waals surface area (Å²) in [5, 5.41) is 12.1. The number of benzene rings is 1. The van der Waals surface area contributed by atoms with Gasteiger partial charge in [-0.2, -0.15) is 0 Å². The monoisotopic (exact) mass is 453 g/mol. The molecule has 0 bridgehead atoms. The molecule has 166 valence electrons. The minimum Gasteiger partial charge on any atom is -0.379 e. The van der Waals surface area contributed by atoms with E-state index >= 15 is 0 Å². The van der Waals surface area contributed by atoms with E-state index in [1.54, 1.807) is 12.1 Å². The number of morpholine rings is 1. The summed E-state index contributed by atoms with van der Waals surface area (Å²) in [6.07, 6.45) is 3.65. The average Bonchev–Trinajstić information content (AvgIpc) is 3.41. The first-order valence-electron chi connectivity index (χ1n) is 10.6. The van der Waals surface area contributed by atoms with Gasteiger partial charge in [0.05, 0.1) is 25.1 Å². The number of pyridine rings is 1. The van der Waals surface area contributed by atoms with Crippen LogP contribution >= 0.6 is 11.3 Å². The van der Waals surface area contributed by atoms with Crippen LogP contribution in [0.1, 0.15) is 5.56 Å². The van der Waals surface area contributed by atoms with Crippen LogP contribution in [0.5, 0.6) is 0 Å². The van der Waals surface area contributed by atoms with Crippen LogP contribution < -0.4 is 10.6 Å². The number of halogens is 1. The number of fused-ring (bicyclic) bond motifs is 1. The molecule has 4 heterocycles. The summed E-state index contributed by atoms with van der Waals surface area (Å²) in [6, 6.07) is 10.4. The predicted molar refractivity (Wildman–Crippen MR) is 124 cm³/mol. The van der Waals surface area contributed by atoms with Crippen LogP contribution in [-0.4, -0.2) is 63.9 Å². The van der Waals surface area contributed by atoms with Gasteiger partial charge in [-0.25, -0.2) is 18.9 Å². The van der Waals surface area contributed by atoms with E-state index in [-0.39, 0.29) is 5.82 Å². The maximum absolute atomic E-state index is 13.1. The topological polar surface area (TPSA) is 79.6 Å². The number of aromatic nitrogens is 4. The summed E-state index contributed by atoms with van der Waals surface area (Å²) < 4.78 is 20.3. The third-order valence-electron chi connectivity index (χ3n) is 5.34. The zero-order chi connectivity index (χ0) is 21.8. The van der Waals surface area contributed by atoms with Crippen molar-refractivity contribution in [3.63, 3.8) is 0 Å². The van der Waals surface area contributed by atoms with E-state index in [1.807, 2.05) is 29.0 Å². The van der Waals surface area contributed by atoms with Crippen molar-refractivity contribution in [1.29, 1.82) is 0 Å². The smallest absolute Gasteiger partial charge is 0.214 e. The van der Waals surface area contributed by atoms with Gasteiger partial charge in [-0.15, -0.1) is 5.10 Å². The van der Waals surface area contributed by atoms with E-state index in [0.29, 0.717) is 6.54 Å². The zero-order valence-electron chi connectivity index (χ0n) is 17.5. The molecule has 0 amide bonds. The van der Waals surface area contributed by atoms with Gasteiger partial charge in [0.1, 0.15) is 11.6 Å². The Hall–Kier alpha value is -3.08. The Kier molecular flexibility index (Phi) is 6.24. The largest absolute Gasteiger partial charge is 0.379 e. The zero-order valence-corrected chi connectivity index (χ0v) is 18.3. The fraction of sp³-hybridized carbons (Fsp3) is 0.318. The Balaban J connectivity index is 1.20. The highest BCUT2D eigenvalue weighted by Gasteiger charge is 2.13. The van der Waals surface area contributed by atoms with E-state index in [1.165, 1.54) is 23.5 Å². The van der Waals surface area contributed by atoms with Crippen LogP contribution in [-0.2, 0) is 11.3 Å². The molecule has 3 aromatic heterocycles. The summed E-state index contributed by atoms with van der Waals surface area (Å²) in [5.74, 6) is 0.612. The van der Waals surface area contributed by atoms with Gasteiger partial charge >= 0.3 is 0 Å². The fourth-order valence-electron chi connectivity index (χ4n) is 3.56. The van der Waals surface area contributed by atoms with Gasteiger partial charge in [0.2, 0.25) is 10.1 Å². The van der Waals surface area contributed by atoms with Gasteiger partial charge < -0.3 is 15.4 Å². The lowest BCUT2D eigenvalue weighted by atomic mass is 10.2. The molecule has 2 N–H and O–H groups in total. The summed E-state index contributed by atoms with van der Waals surface area (Å²) >= 11 is 1.47. The number of nitrogens with one attached hydrogen (secondary N) is 2. The van der Waals surface area contributed by atoms with Crippen LogP contribution in [0.25, 0.3) is 16.2 Å². The second-order valence-corrected chi connectivity index (χ2v) is 8.49. The van der Waals surface area contributed by atoms with Crippen molar-refractivity contribution in [3.05, 3.63) is 60.2 Å². The van der Waals surface area contributed by atoms with E-state index in [0.717, 1.165) is 72.1 Å². The summed E-state index contributed by atoms with van der Waals surface area (Å²) in [6.45, 7) is 5.98. The Morgan fingerprint density at radius 2 is 1.84 bits per heavy atom. The maximum atomic E-state index is 13.1. The molecule has 1 fully saturated rings. The van der Waals surface area contributed by atoms with Gasteiger partial charge in [0, 0.05) is 44.5 Å². The third-order valence-corrected chi connectivity index (χ3v) is 6.22. The molecule has 0 unspecified atom stereocenters. The number of hydrogen-bond acceptors (Lipinski definition) is 8. The van der Waals surface area contributed by atoms with Crippen molar-refractivity contribution >= 4 is 27.2 Å². The average molecular weight is 454 g/mol. The minimum atomic E-state index is -0.238. The molecule has 0 aliphatic carbocycles. The number of ether oxygens (including phenoxy) is 1. The number of rotatable bonds is 8. The number of nitrogens with zero attached hydrogens (tertiary/aromatic N) is 5. The molecule has 1 aliphatic rings. The SMILES string of the molecule is Fc1ccc(CNc2nn3c(-c4ccc(NCCN5CCOCC5)nc4)cnc3s2)cc1. The van der Waals surface area contributed by atoms with Crippen LogP contribution in [0.4, 0.5) is 15.3 Å². The van der Waals surface area contributed by atoms with Gasteiger partial charge in [-0.3, -0.25) is 4.90 Å². The summed E-state index contributed by atoms with van der Waals surface area (Å²) in [7, 11) is 0.